The molecule has 1 aromatic heterocycles. The summed E-state index contributed by atoms with van der Waals surface area (Å²) in [5.74, 6) is 1.02. The first kappa shape index (κ1) is 20.7. The van der Waals surface area contributed by atoms with Crippen LogP contribution in [-0.4, -0.2) is 56.2 Å². The van der Waals surface area contributed by atoms with Gasteiger partial charge in [-0.05, 0) is 34.4 Å². The highest BCUT2D eigenvalue weighted by molar-refractivity contribution is 5.15. The van der Waals surface area contributed by atoms with Crippen molar-refractivity contribution in [2.75, 3.05) is 26.2 Å². The first-order chi connectivity index (χ1) is 14.8. The van der Waals surface area contributed by atoms with Gasteiger partial charge in [0.1, 0.15) is 0 Å². The lowest BCUT2D eigenvalue weighted by atomic mass is 10.1. The van der Waals surface area contributed by atoms with Crippen LogP contribution < -0.4 is 0 Å². The van der Waals surface area contributed by atoms with Crippen molar-refractivity contribution in [3.05, 3.63) is 77.6 Å². The van der Waals surface area contributed by atoms with E-state index in [9.17, 15) is 0 Å². The number of aromatic nitrogens is 4. The Labute approximate surface area is 179 Å². The van der Waals surface area contributed by atoms with Crippen LogP contribution in [0.4, 0.5) is 0 Å². The Balaban J connectivity index is 1.38. The molecule has 6 heteroatoms. The Kier molecular flexibility index (Phi) is 7.21. The largest absolute Gasteiger partial charge is 0.297 e. The van der Waals surface area contributed by atoms with Crippen molar-refractivity contribution in [2.24, 2.45) is 0 Å². The minimum Gasteiger partial charge on any atom is -0.297 e. The lowest BCUT2D eigenvalue weighted by Crippen LogP contribution is -2.47. The highest BCUT2D eigenvalue weighted by Crippen LogP contribution is 2.25. The van der Waals surface area contributed by atoms with Crippen LogP contribution >= 0.6 is 0 Å². The number of hydrogen-bond acceptors (Lipinski definition) is 5. The molecule has 0 aliphatic carbocycles. The first-order valence-electron chi connectivity index (χ1n) is 11.1. The first-order valence-corrected chi connectivity index (χ1v) is 11.1. The molecule has 0 spiro atoms. The molecule has 3 aromatic rings. The molecule has 1 aliphatic rings. The SMILES string of the molecule is CCCC(c1nnnn1CCc1ccccc1)N1CCN(Cc2ccccc2)CC1. The molecular weight excluding hydrogens is 372 g/mol. The molecule has 0 N–H and O–H groups in total. The maximum atomic E-state index is 4.46. The third-order valence-corrected chi connectivity index (χ3v) is 5.97. The molecule has 0 saturated carbocycles. The zero-order valence-corrected chi connectivity index (χ0v) is 17.9. The van der Waals surface area contributed by atoms with Crippen LogP contribution in [0.2, 0.25) is 0 Å². The van der Waals surface area contributed by atoms with Crippen molar-refractivity contribution >= 4 is 0 Å². The van der Waals surface area contributed by atoms with E-state index >= 15 is 0 Å². The van der Waals surface area contributed by atoms with Crippen molar-refractivity contribution in [1.29, 1.82) is 0 Å². The highest BCUT2D eigenvalue weighted by Gasteiger charge is 2.28. The van der Waals surface area contributed by atoms with E-state index < -0.39 is 0 Å². The monoisotopic (exact) mass is 404 g/mol. The minimum atomic E-state index is 0.291. The van der Waals surface area contributed by atoms with Gasteiger partial charge in [0.2, 0.25) is 0 Å². The maximum absolute atomic E-state index is 4.46. The lowest BCUT2D eigenvalue weighted by Gasteiger charge is -2.38. The van der Waals surface area contributed by atoms with Crippen LogP contribution in [0, 0.1) is 0 Å². The van der Waals surface area contributed by atoms with Gasteiger partial charge in [-0.15, -0.1) is 5.10 Å². The fourth-order valence-corrected chi connectivity index (χ4v) is 4.31. The number of tetrazole rings is 1. The number of piperazine rings is 1. The summed E-state index contributed by atoms with van der Waals surface area (Å²) in [7, 11) is 0. The summed E-state index contributed by atoms with van der Waals surface area (Å²) in [6.45, 7) is 8.38. The summed E-state index contributed by atoms with van der Waals surface area (Å²) in [5.41, 5.74) is 2.71. The molecule has 1 saturated heterocycles. The summed E-state index contributed by atoms with van der Waals surface area (Å²) in [4.78, 5) is 5.13. The molecule has 158 valence electrons. The summed E-state index contributed by atoms with van der Waals surface area (Å²) in [5, 5.41) is 12.8. The van der Waals surface area contributed by atoms with E-state index in [4.69, 9.17) is 0 Å². The van der Waals surface area contributed by atoms with E-state index in [0.717, 1.165) is 64.4 Å². The van der Waals surface area contributed by atoms with Gasteiger partial charge in [-0.3, -0.25) is 9.80 Å². The molecule has 0 amide bonds. The van der Waals surface area contributed by atoms with Gasteiger partial charge in [-0.2, -0.15) is 0 Å². The quantitative estimate of drug-likeness (QED) is 0.546. The Hall–Kier alpha value is -2.57. The number of rotatable bonds is 9. The molecule has 0 radical (unpaired) electrons. The number of benzene rings is 2. The van der Waals surface area contributed by atoms with Gasteiger partial charge in [-0.1, -0.05) is 74.0 Å². The second kappa shape index (κ2) is 10.5. The van der Waals surface area contributed by atoms with Gasteiger partial charge >= 0.3 is 0 Å². The van der Waals surface area contributed by atoms with Crippen molar-refractivity contribution in [1.82, 2.24) is 30.0 Å². The van der Waals surface area contributed by atoms with Crippen LogP contribution in [-0.2, 0) is 19.5 Å². The van der Waals surface area contributed by atoms with E-state index in [1.807, 2.05) is 4.68 Å². The molecule has 2 heterocycles. The fraction of sp³-hybridized carbons (Fsp3) is 0.458. The van der Waals surface area contributed by atoms with E-state index in [1.165, 1.54) is 11.1 Å². The summed E-state index contributed by atoms with van der Waals surface area (Å²) in [6, 6.07) is 21.6. The Morgan fingerprint density at radius 2 is 1.53 bits per heavy atom. The minimum absolute atomic E-state index is 0.291. The molecule has 1 fully saturated rings. The smallest absolute Gasteiger partial charge is 0.168 e. The zero-order chi connectivity index (χ0) is 20.6. The molecule has 4 rings (SSSR count). The third-order valence-electron chi connectivity index (χ3n) is 5.97. The molecular formula is C24H32N6. The number of nitrogens with zero attached hydrogens (tertiary/aromatic N) is 6. The van der Waals surface area contributed by atoms with Crippen LogP contribution in [0.15, 0.2) is 60.7 Å². The number of hydrogen-bond donors (Lipinski definition) is 0. The van der Waals surface area contributed by atoms with Crippen LogP contribution in [0.5, 0.6) is 0 Å². The second-order valence-electron chi connectivity index (χ2n) is 8.10. The van der Waals surface area contributed by atoms with Gasteiger partial charge < -0.3 is 0 Å². The van der Waals surface area contributed by atoms with E-state index in [2.05, 4.69) is 92.9 Å². The topological polar surface area (TPSA) is 50.1 Å². The molecule has 2 aromatic carbocycles. The predicted molar refractivity (Wildman–Crippen MR) is 119 cm³/mol. The molecule has 1 atom stereocenters. The van der Waals surface area contributed by atoms with Crippen molar-refractivity contribution < 1.29 is 0 Å². The van der Waals surface area contributed by atoms with E-state index in [0.29, 0.717) is 6.04 Å². The van der Waals surface area contributed by atoms with Gasteiger partial charge in [0.15, 0.2) is 5.82 Å². The van der Waals surface area contributed by atoms with Gasteiger partial charge in [-0.25, -0.2) is 4.68 Å². The standard InChI is InChI=1S/C24H32N6/c1-2-9-23(24-25-26-27-30(24)15-14-21-10-5-3-6-11-21)29-18-16-28(17-19-29)20-22-12-7-4-8-13-22/h3-8,10-13,23H,2,9,14-20H2,1H3. The molecule has 6 nitrogen and oxygen atoms in total. The fourth-order valence-electron chi connectivity index (χ4n) is 4.31. The van der Waals surface area contributed by atoms with Crippen LogP contribution in [0.1, 0.15) is 42.8 Å². The van der Waals surface area contributed by atoms with Crippen LogP contribution in [0.25, 0.3) is 0 Å². The summed E-state index contributed by atoms with van der Waals surface area (Å²) in [6.07, 6.45) is 3.16. The second-order valence-corrected chi connectivity index (χ2v) is 8.10. The Morgan fingerprint density at radius 1 is 0.867 bits per heavy atom. The van der Waals surface area contributed by atoms with Crippen molar-refractivity contribution in [3.63, 3.8) is 0 Å². The maximum Gasteiger partial charge on any atom is 0.168 e. The van der Waals surface area contributed by atoms with Gasteiger partial charge in [0.05, 0.1) is 6.04 Å². The normalized spacial score (nSPS) is 16.6. The molecule has 1 unspecified atom stereocenters. The van der Waals surface area contributed by atoms with Gasteiger partial charge in [0, 0.05) is 39.3 Å². The summed E-state index contributed by atoms with van der Waals surface area (Å²) < 4.78 is 2.02. The lowest BCUT2D eigenvalue weighted by molar-refractivity contribution is 0.0818. The highest BCUT2D eigenvalue weighted by atomic mass is 15.5. The Bertz CT molecular complexity index is 871. The zero-order valence-electron chi connectivity index (χ0n) is 17.9. The average Bonchev–Trinajstić information content (AvgIpc) is 3.26. The third kappa shape index (κ3) is 5.32. The molecule has 0 bridgehead atoms. The molecule has 1 aliphatic heterocycles. The van der Waals surface area contributed by atoms with E-state index in [1.54, 1.807) is 0 Å². The predicted octanol–water partition coefficient (Wildman–Crippen LogP) is 3.57. The number of aryl methyl sites for hydroxylation is 2. The van der Waals surface area contributed by atoms with Crippen molar-refractivity contribution in [2.45, 2.75) is 45.3 Å². The van der Waals surface area contributed by atoms with E-state index in [-0.39, 0.29) is 0 Å². The van der Waals surface area contributed by atoms with Crippen LogP contribution in [0.3, 0.4) is 0 Å². The average molecular weight is 405 g/mol. The Morgan fingerprint density at radius 3 is 2.20 bits per heavy atom. The molecule has 30 heavy (non-hydrogen) atoms. The summed E-state index contributed by atoms with van der Waals surface area (Å²) >= 11 is 0. The van der Waals surface area contributed by atoms with Crippen molar-refractivity contribution in [3.8, 4) is 0 Å². The van der Waals surface area contributed by atoms with Gasteiger partial charge in [0.25, 0.3) is 0 Å².